The summed E-state index contributed by atoms with van der Waals surface area (Å²) in [6.45, 7) is 5.47. The van der Waals surface area contributed by atoms with Crippen molar-refractivity contribution in [3.8, 4) is 22.3 Å². The number of urea groups is 1. The summed E-state index contributed by atoms with van der Waals surface area (Å²) in [5, 5.41) is 18.8. The van der Waals surface area contributed by atoms with Crippen molar-refractivity contribution in [3.63, 3.8) is 0 Å². The van der Waals surface area contributed by atoms with Gasteiger partial charge in [-0.3, -0.25) is 10.1 Å². The number of hydrogen-bond donors (Lipinski definition) is 7. The van der Waals surface area contributed by atoms with E-state index in [0.29, 0.717) is 0 Å². The average Bonchev–Trinajstić information content (AvgIpc) is 3.90. The monoisotopic (exact) mass is 871 g/mol. The Labute approximate surface area is 383 Å². The third-order valence-corrected chi connectivity index (χ3v) is 12.3. The molecule has 6 aromatic carbocycles. The predicted molar refractivity (Wildman–Crippen MR) is 262 cm³/mol. The van der Waals surface area contributed by atoms with E-state index in [1.807, 2.05) is 170 Å². The highest BCUT2D eigenvalue weighted by molar-refractivity contribution is 5.95. The first kappa shape index (κ1) is 46.2. The van der Waals surface area contributed by atoms with Crippen LogP contribution in [0.4, 0.5) is 21.0 Å². The van der Waals surface area contributed by atoms with Gasteiger partial charge in [0, 0.05) is 17.2 Å². The third-order valence-electron chi connectivity index (χ3n) is 12.3. The number of benzene rings is 6. The van der Waals surface area contributed by atoms with Crippen molar-refractivity contribution in [2.45, 2.75) is 49.7 Å². The number of anilines is 2. The molecule has 3 fully saturated rings. The van der Waals surface area contributed by atoms with Gasteiger partial charge in [-0.05, 0) is 112 Å². The molecule has 336 valence electrons. The molecule has 1 unspecified atom stereocenters. The molecule has 0 bridgehead atoms. The molecule has 3 aliphatic rings. The molecule has 3 saturated heterocycles. The Hall–Kier alpha value is -6.79. The molecular formula is C54H61N7O4. The Balaban J connectivity index is 0.000000145. The molecule has 0 aromatic heterocycles. The second-order valence-corrected chi connectivity index (χ2v) is 16.5. The summed E-state index contributed by atoms with van der Waals surface area (Å²) in [6, 6.07) is 55.7. The summed E-state index contributed by atoms with van der Waals surface area (Å²) >= 11 is 0. The van der Waals surface area contributed by atoms with Crippen LogP contribution in [0.15, 0.2) is 170 Å². The van der Waals surface area contributed by atoms with E-state index < -0.39 is 5.41 Å². The largest absolute Gasteiger partial charge is 0.446 e. The maximum Gasteiger partial charge on any atom is 0.411 e. The first-order chi connectivity index (χ1) is 31.9. The number of nitrogens with one attached hydrogen (secondary N) is 6. The maximum absolute atomic E-state index is 12.6. The van der Waals surface area contributed by atoms with E-state index in [0.717, 1.165) is 116 Å². The number of nitrogens with two attached hydrogens (primary N) is 1. The first-order valence-electron chi connectivity index (χ1n) is 22.8. The smallest absolute Gasteiger partial charge is 0.411 e. The maximum atomic E-state index is 12.6. The topological polar surface area (TPSA) is 159 Å². The number of ether oxygens (including phenoxy) is 1. The summed E-state index contributed by atoms with van der Waals surface area (Å²) < 4.78 is 5.50. The lowest BCUT2D eigenvalue weighted by Gasteiger charge is -2.37. The van der Waals surface area contributed by atoms with Crippen LogP contribution in [0, 0.1) is 5.92 Å². The van der Waals surface area contributed by atoms with Crippen molar-refractivity contribution in [1.29, 1.82) is 0 Å². The van der Waals surface area contributed by atoms with Crippen molar-refractivity contribution in [3.05, 3.63) is 181 Å². The van der Waals surface area contributed by atoms with Gasteiger partial charge < -0.3 is 37.1 Å². The zero-order valence-electron chi connectivity index (χ0n) is 36.9. The lowest BCUT2D eigenvalue weighted by atomic mass is 9.65. The zero-order chi connectivity index (χ0) is 45.1. The molecule has 65 heavy (non-hydrogen) atoms. The van der Waals surface area contributed by atoms with Crippen molar-refractivity contribution in [1.82, 2.24) is 21.3 Å². The number of primary amides is 1. The van der Waals surface area contributed by atoms with E-state index in [9.17, 15) is 14.4 Å². The lowest BCUT2D eigenvalue weighted by Crippen LogP contribution is -2.49. The minimum Gasteiger partial charge on any atom is -0.446 e. The fraction of sp³-hybridized carbons (Fsp3) is 0.278. The van der Waals surface area contributed by atoms with Gasteiger partial charge in [-0.2, -0.15) is 0 Å². The number of piperidine rings is 2. The van der Waals surface area contributed by atoms with Crippen LogP contribution in [-0.4, -0.2) is 69.4 Å². The van der Waals surface area contributed by atoms with Gasteiger partial charge in [0.2, 0.25) is 5.91 Å². The summed E-state index contributed by atoms with van der Waals surface area (Å²) in [4.78, 5) is 36.9. The molecule has 4 amide bonds. The molecule has 1 atom stereocenters. The van der Waals surface area contributed by atoms with Crippen LogP contribution in [-0.2, 0) is 14.9 Å². The van der Waals surface area contributed by atoms with Crippen molar-refractivity contribution >= 4 is 29.4 Å². The summed E-state index contributed by atoms with van der Waals surface area (Å²) in [5.41, 5.74) is 13.0. The number of carbonyl (C=O) groups is 3. The van der Waals surface area contributed by atoms with Gasteiger partial charge in [-0.25, -0.2) is 9.59 Å². The fourth-order valence-electron chi connectivity index (χ4n) is 8.99. The molecule has 9 rings (SSSR count). The fourth-order valence-corrected chi connectivity index (χ4v) is 8.99. The average molecular weight is 872 g/mol. The van der Waals surface area contributed by atoms with Gasteiger partial charge in [-0.15, -0.1) is 0 Å². The quantitative estimate of drug-likeness (QED) is 0.0724. The molecule has 3 aliphatic heterocycles. The normalized spacial score (nSPS) is 16.3. The van der Waals surface area contributed by atoms with E-state index in [-0.39, 0.29) is 36.1 Å². The van der Waals surface area contributed by atoms with Gasteiger partial charge in [0.05, 0.1) is 11.4 Å². The van der Waals surface area contributed by atoms with Crippen LogP contribution in [0.1, 0.15) is 43.2 Å². The minimum absolute atomic E-state index is 0.00476. The van der Waals surface area contributed by atoms with Gasteiger partial charge in [0.15, 0.2) is 0 Å². The Bertz CT molecular complexity index is 2230. The Morgan fingerprint density at radius 1 is 0.508 bits per heavy atom. The Morgan fingerprint density at radius 3 is 1.42 bits per heavy atom. The Morgan fingerprint density at radius 2 is 0.938 bits per heavy atom. The van der Waals surface area contributed by atoms with E-state index >= 15 is 0 Å². The second kappa shape index (κ2) is 23.8. The van der Waals surface area contributed by atoms with E-state index in [1.165, 1.54) is 0 Å². The van der Waals surface area contributed by atoms with Gasteiger partial charge in [0.1, 0.15) is 11.5 Å². The molecule has 3 heterocycles. The number of para-hydroxylation sites is 2. The molecule has 0 aliphatic carbocycles. The number of carbonyl (C=O) groups excluding carboxylic acids is 3. The second-order valence-electron chi connectivity index (χ2n) is 16.5. The van der Waals surface area contributed by atoms with E-state index in [4.69, 9.17) is 10.5 Å². The van der Waals surface area contributed by atoms with Crippen LogP contribution in [0.25, 0.3) is 22.3 Å². The van der Waals surface area contributed by atoms with Crippen LogP contribution in [0.3, 0.4) is 0 Å². The SMILES string of the molecule is NC(=O)C(c1ccccc1)(c1ccccc1)C1CCNC1.O=C(Nc1ccccc1-c1ccccc1)NC1CCNCC1.O=C(Nc1ccccc1-c1ccccc1)OC1CCNCC1. The van der Waals surface area contributed by atoms with Crippen LogP contribution in [0.2, 0.25) is 0 Å². The minimum atomic E-state index is -0.758. The highest BCUT2D eigenvalue weighted by atomic mass is 16.6. The van der Waals surface area contributed by atoms with Gasteiger partial charge >= 0.3 is 12.1 Å². The molecule has 0 spiro atoms. The van der Waals surface area contributed by atoms with Gasteiger partial charge in [-0.1, -0.05) is 158 Å². The van der Waals surface area contributed by atoms with Crippen molar-refractivity contribution < 1.29 is 19.1 Å². The molecule has 8 N–H and O–H groups in total. The standard InChI is InChI=1S/C18H21N3O.C18H20N2O2.C18H20N2O/c22-18(20-15-10-12-19-13-11-15)21-17-9-5-4-8-16(17)14-6-2-1-3-7-14;21-18(22-15-10-12-19-13-11-15)20-17-9-5-4-8-16(17)14-6-2-1-3-7-14;19-17(21)18(16-11-12-20-13-16,14-7-3-1-4-8-14)15-9-5-2-6-10-15/h1-9,15,19H,10-13H2,(H2,20,21,22);1-9,15,19H,10-13H2,(H,20,21);1-10,16,20H,11-13H2,(H2,19,21). The first-order valence-corrected chi connectivity index (χ1v) is 22.8. The number of amides is 4. The highest BCUT2D eigenvalue weighted by Crippen LogP contribution is 2.42. The van der Waals surface area contributed by atoms with E-state index in [1.54, 1.807) is 0 Å². The van der Waals surface area contributed by atoms with Crippen LogP contribution in [0.5, 0.6) is 0 Å². The van der Waals surface area contributed by atoms with Gasteiger partial charge in [0.25, 0.3) is 0 Å². The molecular weight excluding hydrogens is 811 g/mol. The van der Waals surface area contributed by atoms with Crippen LogP contribution >= 0.6 is 0 Å². The van der Waals surface area contributed by atoms with Crippen molar-refractivity contribution in [2.75, 3.05) is 49.9 Å². The summed E-state index contributed by atoms with van der Waals surface area (Å²) in [7, 11) is 0. The van der Waals surface area contributed by atoms with E-state index in [2.05, 4.69) is 31.9 Å². The molecule has 11 nitrogen and oxygen atoms in total. The lowest BCUT2D eigenvalue weighted by molar-refractivity contribution is -0.123. The Kier molecular flexibility index (Phi) is 16.9. The zero-order valence-corrected chi connectivity index (χ0v) is 36.9. The predicted octanol–water partition coefficient (Wildman–Crippen LogP) is 8.95. The van der Waals surface area contributed by atoms with Crippen LogP contribution < -0.4 is 37.6 Å². The molecule has 6 aromatic rings. The number of hydrogen-bond acceptors (Lipinski definition) is 7. The molecule has 0 saturated carbocycles. The van der Waals surface area contributed by atoms with Crippen molar-refractivity contribution in [2.24, 2.45) is 11.7 Å². The third kappa shape index (κ3) is 12.5. The summed E-state index contributed by atoms with van der Waals surface area (Å²) in [5.74, 6) is -0.0894. The summed E-state index contributed by atoms with van der Waals surface area (Å²) in [6.07, 6.45) is 4.27. The molecule has 11 heteroatoms. The molecule has 0 radical (unpaired) electrons. The highest BCUT2D eigenvalue weighted by Gasteiger charge is 2.48. The number of rotatable bonds is 10.